The van der Waals surface area contributed by atoms with Crippen molar-refractivity contribution < 1.29 is 17.9 Å². The highest BCUT2D eigenvalue weighted by molar-refractivity contribution is 9.10. The van der Waals surface area contributed by atoms with Crippen molar-refractivity contribution in [2.45, 2.75) is 6.18 Å². The summed E-state index contributed by atoms with van der Waals surface area (Å²) in [5.41, 5.74) is -0.912. The third kappa shape index (κ3) is 2.33. The summed E-state index contributed by atoms with van der Waals surface area (Å²) in [6.45, 7) is 0. The second-order valence-electron chi connectivity index (χ2n) is 2.47. The normalized spacial score (nSPS) is 11.6. The van der Waals surface area contributed by atoms with Gasteiger partial charge in [0.25, 0.3) is 0 Å². The summed E-state index contributed by atoms with van der Waals surface area (Å²) in [4.78, 5) is 0. The molecule has 0 aliphatic heterocycles. The van der Waals surface area contributed by atoms with Gasteiger partial charge in [0, 0.05) is 4.47 Å². The maximum absolute atomic E-state index is 12.4. The van der Waals surface area contributed by atoms with E-state index in [1.165, 1.54) is 13.2 Å². The first kappa shape index (κ1) is 11.7. The summed E-state index contributed by atoms with van der Waals surface area (Å²) in [7, 11) is 1.29. The molecule has 1 rings (SSSR count). The van der Waals surface area contributed by atoms with Crippen LogP contribution in [0.25, 0.3) is 0 Å². The number of hydrogen-bond acceptors (Lipinski definition) is 1. The number of halogens is 5. The molecule has 0 saturated carbocycles. The minimum absolute atomic E-state index is 0.105. The van der Waals surface area contributed by atoms with E-state index in [1.54, 1.807) is 0 Å². The molecule has 0 atom stereocenters. The Hall–Kier alpha value is -0.420. The van der Waals surface area contributed by atoms with Crippen molar-refractivity contribution in [2.24, 2.45) is 0 Å². The Kier molecular flexibility index (Phi) is 3.32. The van der Waals surface area contributed by atoms with Crippen LogP contribution in [0, 0.1) is 0 Å². The van der Waals surface area contributed by atoms with Gasteiger partial charge in [0.05, 0.1) is 17.7 Å². The third-order valence-corrected chi connectivity index (χ3v) is 2.80. The predicted molar refractivity (Wildman–Crippen MR) is 50.7 cm³/mol. The molecule has 0 aromatic heterocycles. The Labute approximate surface area is 91.9 Å². The van der Waals surface area contributed by atoms with E-state index in [4.69, 9.17) is 16.3 Å². The van der Waals surface area contributed by atoms with Crippen molar-refractivity contribution in [3.63, 3.8) is 0 Å². The summed E-state index contributed by atoms with van der Waals surface area (Å²) in [6.07, 6.45) is -4.48. The second kappa shape index (κ2) is 3.98. The first-order chi connectivity index (χ1) is 6.36. The molecule has 0 heterocycles. The fourth-order valence-corrected chi connectivity index (χ4v) is 1.54. The van der Waals surface area contributed by atoms with Crippen LogP contribution in [-0.4, -0.2) is 7.11 Å². The summed E-state index contributed by atoms with van der Waals surface area (Å²) >= 11 is 8.40. The third-order valence-electron chi connectivity index (χ3n) is 1.54. The highest BCUT2D eigenvalue weighted by atomic mass is 79.9. The van der Waals surface area contributed by atoms with E-state index < -0.39 is 11.7 Å². The van der Waals surface area contributed by atoms with Crippen LogP contribution in [0.5, 0.6) is 5.75 Å². The Morgan fingerprint density at radius 3 is 2.36 bits per heavy atom. The number of methoxy groups -OCH3 is 1. The molecular formula is C8H5BrClF3O. The van der Waals surface area contributed by atoms with Crippen molar-refractivity contribution in [3.8, 4) is 5.75 Å². The smallest absolute Gasteiger partial charge is 0.418 e. The van der Waals surface area contributed by atoms with Gasteiger partial charge in [-0.15, -0.1) is 0 Å². The van der Waals surface area contributed by atoms with Crippen LogP contribution in [0.4, 0.5) is 13.2 Å². The van der Waals surface area contributed by atoms with E-state index in [0.717, 1.165) is 6.07 Å². The van der Waals surface area contributed by atoms with Crippen LogP contribution in [0.15, 0.2) is 16.6 Å². The van der Waals surface area contributed by atoms with E-state index in [0.29, 0.717) is 0 Å². The largest absolute Gasteiger partial charge is 0.497 e. The molecule has 0 bridgehead atoms. The molecule has 0 N–H and O–H groups in total. The van der Waals surface area contributed by atoms with E-state index in [9.17, 15) is 13.2 Å². The van der Waals surface area contributed by atoms with Crippen LogP contribution < -0.4 is 4.74 Å². The minimum atomic E-state index is -4.48. The van der Waals surface area contributed by atoms with Crippen molar-refractivity contribution >= 4 is 27.5 Å². The fourth-order valence-electron chi connectivity index (χ4n) is 0.888. The molecule has 0 amide bonds. The van der Waals surface area contributed by atoms with Gasteiger partial charge in [-0.25, -0.2) is 0 Å². The SMILES string of the molecule is COc1cc(Br)c(Cl)c(C(F)(F)F)c1. The molecule has 0 aliphatic carbocycles. The average Bonchev–Trinajstić information content (AvgIpc) is 2.07. The molecule has 1 nitrogen and oxygen atoms in total. The Bertz CT molecular complexity index is 351. The van der Waals surface area contributed by atoms with E-state index in [-0.39, 0.29) is 15.2 Å². The summed E-state index contributed by atoms with van der Waals surface area (Å²) < 4.78 is 42.0. The van der Waals surface area contributed by atoms with Gasteiger partial charge in [0.1, 0.15) is 5.75 Å². The zero-order valence-electron chi connectivity index (χ0n) is 6.95. The number of rotatable bonds is 1. The lowest BCUT2D eigenvalue weighted by molar-refractivity contribution is -0.137. The summed E-state index contributed by atoms with van der Waals surface area (Å²) in [5.74, 6) is 0.105. The van der Waals surface area contributed by atoms with Crippen molar-refractivity contribution in [1.29, 1.82) is 0 Å². The van der Waals surface area contributed by atoms with Gasteiger partial charge >= 0.3 is 6.18 Å². The molecule has 1 aromatic rings. The molecular weight excluding hydrogens is 284 g/mol. The van der Waals surface area contributed by atoms with Gasteiger partial charge in [0.15, 0.2) is 0 Å². The van der Waals surface area contributed by atoms with Crippen LogP contribution in [0.2, 0.25) is 5.02 Å². The minimum Gasteiger partial charge on any atom is -0.497 e. The molecule has 1 aromatic carbocycles. The number of ether oxygens (including phenoxy) is 1. The van der Waals surface area contributed by atoms with Crippen molar-refractivity contribution in [1.82, 2.24) is 0 Å². The predicted octanol–water partition coefficient (Wildman–Crippen LogP) is 4.13. The monoisotopic (exact) mass is 288 g/mol. The van der Waals surface area contributed by atoms with E-state index in [1.807, 2.05) is 0 Å². The van der Waals surface area contributed by atoms with Crippen LogP contribution >= 0.6 is 27.5 Å². The lowest BCUT2D eigenvalue weighted by Gasteiger charge is -2.11. The van der Waals surface area contributed by atoms with Gasteiger partial charge in [0.2, 0.25) is 0 Å². The number of alkyl halides is 3. The number of benzene rings is 1. The zero-order valence-corrected chi connectivity index (χ0v) is 9.29. The molecule has 0 spiro atoms. The van der Waals surface area contributed by atoms with Crippen molar-refractivity contribution in [3.05, 3.63) is 27.2 Å². The maximum atomic E-state index is 12.4. The van der Waals surface area contributed by atoms with Crippen molar-refractivity contribution in [2.75, 3.05) is 7.11 Å². The fraction of sp³-hybridized carbons (Fsp3) is 0.250. The lowest BCUT2D eigenvalue weighted by atomic mass is 10.2. The molecule has 0 unspecified atom stereocenters. The average molecular weight is 289 g/mol. The zero-order chi connectivity index (χ0) is 10.9. The standard InChI is InChI=1S/C8H5BrClF3O/c1-14-4-2-5(8(11,12)13)7(10)6(9)3-4/h2-3H,1H3. The van der Waals surface area contributed by atoms with E-state index in [2.05, 4.69) is 15.9 Å². The van der Waals surface area contributed by atoms with Gasteiger partial charge in [-0.3, -0.25) is 0 Å². The Morgan fingerprint density at radius 1 is 1.36 bits per heavy atom. The first-order valence-corrected chi connectivity index (χ1v) is 4.63. The Balaban J connectivity index is 3.35. The number of hydrogen-bond donors (Lipinski definition) is 0. The van der Waals surface area contributed by atoms with Crippen LogP contribution in [0.1, 0.15) is 5.56 Å². The lowest BCUT2D eigenvalue weighted by Crippen LogP contribution is -2.06. The van der Waals surface area contributed by atoms with Gasteiger partial charge < -0.3 is 4.74 Å². The molecule has 0 fully saturated rings. The van der Waals surface area contributed by atoms with Crippen LogP contribution in [-0.2, 0) is 6.18 Å². The Morgan fingerprint density at radius 2 is 1.93 bits per heavy atom. The van der Waals surface area contributed by atoms with Crippen LogP contribution in [0.3, 0.4) is 0 Å². The molecule has 0 radical (unpaired) electrons. The highest BCUT2D eigenvalue weighted by Gasteiger charge is 2.34. The summed E-state index contributed by atoms with van der Waals surface area (Å²) in [5, 5.41) is -0.363. The van der Waals surface area contributed by atoms with Gasteiger partial charge in [-0.05, 0) is 28.1 Å². The first-order valence-electron chi connectivity index (χ1n) is 3.46. The molecule has 6 heteroatoms. The maximum Gasteiger partial charge on any atom is 0.418 e. The molecule has 0 saturated heterocycles. The molecule has 78 valence electrons. The quantitative estimate of drug-likeness (QED) is 0.755. The molecule has 14 heavy (non-hydrogen) atoms. The van der Waals surface area contributed by atoms with Gasteiger partial charge in [-0.1, -0.05) is 11.6 Å². The highest BCUT2D eigenvalue weighted by Crippen LogP contribution is 2.40. The van der Waals surface area contributed by atoms with Gasteiger partial charge in [-0.2, -0.15) is 13.2 Å². The van der Waals surface area contributed by atoms with E-state index >= 15 is 0 Å². The molecule has 0 aliphatic rings. The second-order valence-corrected chi connectivity index (χ2v) is 3.70. The summed E-state index contributed by atoms with van der Waals surface area (Å²) in [6, 6.07) is 2.23. The topological polar surface area (TPSA) is 9.23 Å².